The second-order valence-electron chi connectivity index (χ2n) is 6.73. The second-order valence-corrected chi connectivity index (χ2v) is 8.63. The minimum Gasteiger partial charge on any atom is -0.353 e. The lowest BCUT2D eigenvalue weighted by Crippen LogP contribution is -2.51. The molecule has 9 nitrogen and oxygen atoms in total. The van der Waals surface area contributed by atoms with Gasteiger partial charge in [-0.2, -0.15) is 4.31 Å². The van der Waals surface area contributed by atoms with Crippen molar-refractivity contribution in [2.24, 2.45) is 5.73 Å². The van der Waals surface area contributed by atoms with Gasteiger partial charge in [-0.1, -0.05) is 6.07 Å². The molecule has 3 N–H and O–H groups in total. The SMILES string of the molecule is CC(C)(N)CNC(=O)C1CCCN1S(=O)(=O)c1cccc([N+](=O)[O-])c1. The molecule has 25 heavy (non-hydrogen) atoms. The summed E-state index contributed by atoms with van der Waals surface area (Å²) in [7, 11) is -4.01. The van der Waals surface area contributed by atoms with Crippen LogP contribution in [0.1, 0.15) is 26.7 Å². The summed E-state index contributed by atoms with van der Waals surface area (Å²) in [5.74, 6) is -0.412. The molecule has 1 atom stereocenters. The molecule has 1 amide bonds. The number of rotatable bonds is 6. The zero-order valence-electron chi connectivity index (χ0n) is 14.1. The van der Waals surface area contributed by atoms with Crippen LogP contribution in [0.25, 0.3) is 0 Å². The third kappa shape index (κ3) is 4.53. The molecule has 1 aliphatic heterocycles. The highest BCUT2D eigenvalue weighted by atomic mass is 32.2. The van der Waals surface area contributed by atoms with E-state index in [0.717, 1.165) is 10.4 Å². The number of benzene rings is 1. The molecule has 0 spiro atoms. The molecule has 0 radical (unpaired) electrons. The Balaban J connectivity index is 2.24. The monoisotopic (exact) mass is 370 g/mol. The van der Waals surface area contributed by atoms with Gasteiger partial charge in [-0.15, -0.1) is 0 Å². The van der Waals surface area contributed by atoms with E-state index in [0.29, 0.717) is 12.8 Å². The molecule has 1 saturated heterocycles. The van der Waals surface area contributed by atoms with Gasteiger partial charge in [0.15, 0.2) is 0 Å². The standard InChI is InChI=1S/C15H22N4O5S/c1-15(2,16)10-17-14(20)13-7-4-8-18(13)25(23,24)12-6-3-5-11(9-12)19(21)22/h3,5-6,9,13H,4,7-8,10,16H2,1-2H3,(H,17,20). The van der Waals surface area contributed by atoms with Crippen molar-refractivity contribution in [3.63, 3.8) is 0 Å². The fraction of sp³-hybridized carbons (Fsp3) is 0.533. The fourth-order valence-electron chi connectivity index (χ4n) is 2.62. The van der Waals surface area contributed by atoms with Crippen LogP contribution in [-0.4, -0.2) is 48.2 Å². The van der Waals surface area contributed by atoms with Gasteiger partial charge in [-0.25, -0.2) is 8.42 Å². The van der Waals surface area contributed by atoms with Crippen LogP contribution in [-0.2, 0) is 14.8 Å². The van der Waals surface area contributed by atoms with E-state index >= 15 is 0 Å². The molecule has 138 valence electrons. The number of nitro groups is 1. The summed E-state index contributed by atoms with van der Waals surface area (Å²) in [6.45, 7) is 3.90. The molecule has 1 unspecified atom stereocenters. The molecular formula is C15H22N4O5S. The highest BCUT2D eigenvalue weighted by Crippen LogP contribution is 2.28. The third-order valence-electron chi connectivity index (χ3n) is 3.86. The van der Waals surface area contributed by atoms with Gasteiger partial charge >= 0.3 is 0 Å². The van der Waals surface area contributed by atoms with Crippen molar-refractivity contribution in [3.05, 3.63) is 34.4 Å². The molecule has 10 heteroatoms. The molecule has 0 aliphatic carbocycles. The summed E-state index contributed by atoms with van der Waals surface area (Å²) >= 11 is 0. The van der Waals surface area contributed by atoms with Crippen LogP contribution in [0.5, 0.6) is 0 Å². The van der Waals surface area contributed by atoms with Crippen LogP contribution >= 0.6 is 0 Å². The fourth-order valence-corrected chi connectivity index (χ4v) is 4.31. The van der Waals surface area contributed by atoms with E-state index in [2.05, 4.69) is 5.32 Å². The first-order chi connectivity index (χ1) is 11.5. The smallest absolute Gasteiger partial charge is 0.270 e. The minimum atomic E-state index is -4.01. The van der Waals surface area contributed by atoms with Gasteiger partial charge in [0.2, 0.25) is 15.9 Å². The molecule has 0 saturated carbocycles. The Labute approximate surface area is 146 Å². The molecular weight excluding hydrogens is 348 g/mol. The van der Waals surface area contributed by atoms with E-state index < -0.39 is 32.4 Å². The van der Waals surface area contributed by atoms with Gasteiger partial charge in [-0.3, -0.25) is 14.9 Å². The number of non-ortho nitro benzene ring substituents is 1. The van der Waals surface area contributed by atoms with Crippen LogP contribution in [0, 0.1) is 10.1 Å². The summed E-state index contributed by atoms with van der Waals surface area (Å²) in [6, 6.07) is 3.99. The summed E-state index contributed by atoms with van der Waals surface area (Å²) < 4.78 is 26.7. The Morgan fingerprint density at radius 1 is 1.48 bits per heavy atom. The van der Waals surface area contributed by atoms with E-state index in [4.69, 9.17) is 5.73 Å². The van der Waals surface area contributed by atoms with Crippen molar-refractivity contribution in [1.82, 2.24) is 9.62 Å². The predicted molar refractivity (Wildman–Crippen MR) is 91.3 cm³/mol. The van der Waals surface area contributed by atoms with E-state index in [9.17, 15) is 23.3 Å². The highest BCUT2D eigenvalue weighted by molar-refractivity contribution is 7.89. The van der Waals surface area contributed by atoms with E-state index in [-0.39, 0.29) is 23.7 Å². The molecule has 0 aromatic heterocycles. The lowest BCUT2D eigenvalue weighted by molar-refractivity contribution is -0.385. The lowest BCUT2D eigenvalue weighted by Gasteiger charge is -2.25. The molecule has 2 rings (SSSR count). The van der Waals surface area contributed by atoms with E-state index in [1.54, 1.807) is 13.8 Å². The summed E-state index contributed by atoms with van der Waals surface area (Å²) in [5, 5.41) is 13.5. The maximum Gasteiger partial charge on any atom is 0.270 e. The Hall–Kier alpha value is -2.04. The average Bonchev–Trinajstić information content (AvgIpc) is 3.02. The molecule has 1 aliphatic rings. The molecule has 1 aromatic carbocycles. The van der Waals surface area contributed by atoms with E-state index in [1.807, 2.05) is 0 Å². The Kier molecular flexibility index (Phi) is 5.45. The van der Waals surface area contributed by atoms with Gasteiger partial charge in [0.25, 0.3) is 5.69 Å². The van der Waals surface area contributed by atoms with Gasteiger partial charge in [-0.05, 0) is 32.8 Å². The number of carbonyl (C=O) groups is 1. The summed E-state index contributed by atoms with van der Waals surface area (Å²) in [6.07, 6.45) is 0.934. The van der Waals surface area contributed by atoms with Crippen LogP contribution < -0.4 is 11.1 Å². The van der Waals surface area contributed by atoms with Crippen molar-refractivity contribution in [1.29, 1.82) is 0 Å². The zero-order valence-corrected chi connectivity index (χ0v) is 15.0. The second kappa shape index (κ2) is 7.06. The first-order valence-electron chi connectivity index (χ1n) is 7.85. The number of sulfonamides is 1. The Morgan fingerprint density at radius 2 is 2.16 bits per heavy atom. The van der Waals surface area contributed by atoms with Gasteiger partial charge in [0.1, 0.15) is 6.04 Å². The zero-order chi connectivity index (χ0) is 18.8. The maximum absolute atomic E-state index is 12.8. The van der Waals surface area contributed by atoms with Crippen LogP contribution in [0.15, 0.2) is 29.2 Å². The largest absolute Gasteiger partial charge is 0.353 e. The van der Waals surface area contributed by atoms with Gasteiger partial charge in [0, 0.05) is 30.8 Å². The number of hydrogen-bond donors (Lipinski definition) is 2. The van der Waals surface area contributed by atoms with Crippen molar-refractivity contribution >= 4 is 21.6 Å². The number of nitrogens with two attached hydrogens (primary N) is 1. The van der Waals surface area contributed by atoms with Crippen molar-refractivity contribution in [2.75, 3.05) is 13.1 Å². The molecule has 1 fully saturated rings. The van der Waals surface area contributed by atoms with Gasteiger partial charge < -0.3 is 11.1 Å². The normalized spacial score (nSPS) is 18.9. The molecule has 0 bridgehead atoms. The van der Waals surface area contributed by atoms with Crippen molar-refractivity contribution in [2.45, 2.75) is 43.2 Å². The Morgan fingerprint density at radius 3 is 2.76 bits per heavy atom. The predicted octanol–water partition coefficient (Wildman–Crippen LogP) is 0.601. The van der Waals surface area contributed by atoms with E-state index in [1.165, 1.54) is 18.2 Å². The van der Waals surface area contributed by atoms with Crippen LogP contribution in [0.3, 0.4) is 0 Å². The maximum atomic E-state index is 12.8. The molecule has 1 aromatic rings. The van der Waals surface area contributed by atoms with Crippen LogP contribution in [0.2, 0.25) is 0 Å². The number of carbonyl (C=O) groups excluding carboxylic acids is 1. The number of amides is 1. The van der Waals surface area contributed by atoms with Crippen molar-refractivity contribution in [3.8, 4) is 0 Å². The van der Waals surface area contributed by atoms with Crippen LogP contribution in [0.4, 0.5) is 5.69 Å². The number of hydrogen-bond acceptors (Lipinski definition) is 6. The third-order valence-corrected chi connectivity index (χ3v) is 5.76. The topological polar surface area (TPSA) is 136 Å². The number of nitrogens with one attached hydrogen (secondary N) is 1. The number of nitrogens with zero attached hydrogens (tertiary/aromatic N) is 2. The highest BCUT2D eigenvalue weighted by Gasteiger charge is 2.40. The minimum absolute atomic E-state index is 0.190. The first-order valence-corrected chi connectivity index (χ1v) is 9.29. The molecule has 1 heterocycles. The number of nitro benzene ring substituents is 1. The lowest BCUT2D eigenvalue weighted by atomic mass is 10.1. The Bertz CT molecular complexity index is 772. The van der Waals surface area contributed by atoms with Gasteiger partial charge in [0.05, 0.1) is 9.82 Å². The summed E-state index contributed by atoms with van der Waals surface area (Å²) in [5.41, 5.74) is 4.90. The summed E-state index contributed by atoms with van der Waals surface area (Å²) in [4.78, 5) is 22.4. The first kappa shape index (κ1) is 19.3. The van der Waals surface area contributed by atoms with Crippen molar-refractivity contribution < 1.29 is 18.1 Å². The quantitative estimate of drug-likeness (QED) is 0.556. The average molecular weight is 370 g/mol.